The fourth-order valence-electron chi connectivity index (χ4n) is 2.77. The van der Waals surface area contributed by atoms with Gasteiger partial charge in [-0.1, -0.05) is 24.8 Å². The number of hydrogen-bond acceptors (Lipinski definition) is 2. The number of rotatable bonds is 2. The van der Waals surface area contributed by atoms with Gasteiger partial charge in [0.05, 0.1) is 6.54 Å². The average molecular weight is 274 g/mol. The Morgan fingerprint density at radius 1 is 1.40 bits per heavy atom. The first kappa shape index (κ1) is 15.0. The topological polar surface area (TPSA) is 29.3 Å². The smallest absolute Gasteiger partial charge is 0.128 e. The highest BCUT2D eigenvalue weighted by Gasteiger charge is 2.25. The van der Waals surface area contributed by atoms with Gasteiger partial charge in [0.15, 0.2) is 0 Å². The second-order valence-corrected chi connectivity index (χ2v) is 5.64. The van der Waals surface area contributed by atoms with Crippen molar-refractivity contribution in [3.8, 4) is 11.8 Å². The van der Waals surface area contributed by atoms with Crippen molar-refractivity contribution in [2.75, 3.05) is 13.1 Å². The van der Waals surface area contributed by atoms with Crippen molar-refractivity contribution in [1.29, 1.82) is 0 Å². The largest absolute Gasteiger partial charge is 0.320 e. The molecule has 1 heterocycles. The first-order chi connectivity index (χ1) is 9.61. The summed E-state index contributed by atoms with van der Waals surface area (Å²) in [5, 5.41) is 0. The fourth-order valence-corrected chi connectivity index (χ4v) is 2.77. The molecule has 0 saturated carbocycles. The second-order valence-electron chi connectivity index (χ2n) is 5.64. The number of nitrogens with zero attached hydrogens (tertiary/aromatic N) is 1. The molecule has 1 saturated heterocycles. The Balaban J connectivity index is 2.09. The second kappa shape index (κ2) is 6.88. The van der Waals surface area contributed by atoms with E-state index in [1.54, 1.807) is 0 Å². The van der Waals surface area contributed by atoms with Crippen molar-refractivity contribution in [2.24, 2.45) is 11.7 Å². The van der Waals surface area contributed by atoms with Crippen LogP contribution >= 0.6 is 0 Å². The van der Waals surface area contributed by atoms with Crippen LogP contribution in [0.25, 0.3) is 0 Å². The molecule has 2 nitrogen and oxygen atoms in total. The van der Waals surface area contributed by atoms with Crippen LogP contribution in [0.1, 0.15) is 37.8 Å². The van der Waals surface area contributed by atoms with Gasteiger partial charge in [0, 0.05) is 23.7 Å². The van der Waals surface area contributed by atoms with Gasteiger partial charge in [-0.25, -0.2) is 4.39 Å². The molecule has 0 bridgehead atoms. The molecule has 20 heavy (non-hydrogen) atoms. The summed E-state index contributed by atoms with van der Waals surface area (Å²) >= 11 is 0. The van der Waals surface area contributed by atoms with Crippen LogP contribution in [0.15, 0.2) is 18.2 Å². The van der Waals surface area contributed by atoms with E-state index in [-0.39, 0.29) is 5.82 Å². The molecule has 2 atom stereocenters. The number of hydrogen-bond donors (Lipinski definition) is 1. The van der Waals surface area contributed by atoms with Crippen LogP contribution in [0.5, 0.6) is 0 Å². The van der Waals surface area contributed by atoms with Gasteiger partial charge in [-0.05, 0) is 44.4 Å². The molecule has 1 aliphatic rings. The quantitative estimate of drug-likeness (QED) is 0.840. The van der Waals surface area contributed by atoms with Crippen LogP contribution < -0.4 is 5.73 Å². The van der Waals surface area contributed by atoms with Gasteiger partial charge in [-0.15, -0.1) is 0 Å². The molecule has 108 valence electrons. The van der Waals surface area contributed by atoms with Gasteiger partial charge >= 0.3 is 0 Å². The van der Waals surface area contributed by atoms with E-state index in [1.807, 2.05) is 12.1 Å². The SMILES string of the molecule is CC1CCCN(Cc2ccc(C#CCN)cc2F)C1C. The van der Waals surface area contributed by atoms with Gasteiger partial charge in [0.2, 0.25) is 0 Å². The Hall–Kier alpha value is -1.37. The Labute approximate surface area is 121 Å². The standard InChI is InChI=1S/C17H23FN2/c1-13-5-4-10-20(14(13)2)12-16-8-7-15(6-3-9-19)11-17(16)18/h7-8,11,13-14H,4-5,9-10,12,19H2,1-2H3. The molecule has 1 fully saturated rings. The van der Waals surface area contributed by atoms with Gasteiger partial charge in [0.25, 0.3) is 0 Å². The fraction of sp³-hybridized carbons (Fsp3) is 0.529. The third-order valence-electron chi connectivity index (χ3n) is 4.27. The lowest BCUT2D eigenvalue weighted by Gasteiger charge is -2.38. The molecule has 0 amide bonds. The molecule has 2 rings (SSSR count). The van der Waals surface area contributed by atoms with E-state index in [0.717, 1.165) is 12.1 Å². The monoisotopic (exact) mass is 274 g/mol. The van der Waals surface area contributed by atoms with Crippen molar-refractivity contribution in [2.45, 2.75) is 39.3 Å². The van der Waals surface area contributed by atoms with E-state index in [9.17, 15) is 4.39 Å². The van der Waals surface area contributed by atoms with Gasteiger partial charge in [-0.3, -0.25) is 4.90 Å². The first-order valence-corrected chi connectivity index (χ1v) is 7.33. The van der Waals surface area contributed by atoms with Crippen LogP contribution in [-0.2, 0) is 6.54 Å². The number of likely N-dealkylation sites (tertiary alicyclic amines) is 1. The lowest BCUT2D eigenvalue weighted by molar-refractivity contribution is 0.105. The molecule has 0 aromatic heterocycles. The minimum Gasteiger partial charge on any atom is -0.320 e. The van der Waals surface area contributed by atoms with Gasteiger partial charge in [0.1, 0.15) is 5.82 Å². The Morgan fingerprint density at radius 2 is 2.20 bits per heavy atom. The summed E-state index contributed by atoms with van der Waals surface area (Å²) in [5.41, 5.74) is 6.77. The maximum Gasteiger partial charge on any atom is 0.128 e. The van der Waals surface area contributed by atoms with Crippen molar-refractivity contribution >= 4 is 0 Å². The zero-order valence-corrected chi connectivity index (χ0v) is 12.3. The predicted molar refractivity (Wildman–Crippen MR) is 80.6 cm³/mol. The van der Waals surface area contributed by atoms with Crippen LogP contribution in [0, 0.1) is 23.6 Å². The average Bonchev–Trinajstić information content (AvgIpc) is 2.44. The maximum absolute atomic E-state index is 14.1. The lowest BCUT2D eigenvalue weighted by atomic mass is 9.91. The van der Waals surface area contributed by atoms with Gasteiger partial charge in [-0.2, -0.15) is 0 Å². The number of piperidine rings is 1. The van der Waals surface area contributed by atoms with Crippen LogP contribution in [0.2, 0.25) is 0 Å². The van der Waals surface area contributed by atoms with Crippen molar-refractivity contribution in [3.05, 3.63) is 35.1 Å². The minimum atomic E-state index is -0.167. The molecular formula is C17H23FN2. The molecular weight excluding hydrogens is 251 g/mol. The Morgan fingerprint density at radius 3 is 2.90 bits per heavy atom. The number of benzene rings is 1. The summed E-state index contributed by atoms with van der Waals surface area (Å²) in [7, 11) is 0. The van der Waals surface area contributed by atoms with Crippen LogP contribution in [0.3, 0.4) is 0 Å². The molecule has 1 aromatic rings. The summed E-state index contributed by atoms with van der Waals surface area (Å²) in [5.74, 6) is 6.12. The van der Waals surface area contributed by atoms with Crippen molar-refractivity contribution < 1.29 is 4.39 Å². The predicted octanol–water partition coefficient (Wildman–Crippen LogP) is 2.76. The van der Waals surface area contributed by atoms with E-state index in [1.165, 1.54) is 18.9 Å². The summed E-state index contributed by atoms with van der Waals surface area (Å²) in [6, 6.07) is 5.75. The number of halogens is 1. The summed E-state index contributed by atoms with van der Waals surface area (Å²) in [6.45, 7) is 6.55. The zero-order chi connectivity index (χ0) is 14.5. The molecule has 3 heteroatoms. The van der Waals surface area contributed by atoms with Crippen molar-refractivity contribution in [1.82, 2.24) is 4.90 Å². The molecule has 1 aliphatic heterocycles. The molecule has 0 spiro atoms. The molecule has 1 aromatic carbocycles. The van der Waals surface area contributed by atoms with Gasteiger partial charge < -0.3 is 5.73 Å². The highest BCUT2D eigenvalue weighted by molar-refractivity contribution is 5.37. The molecule has 2 N–H and O–H groups in total. The van der Waals surface area contributed by atoms with E-state index in [0.29, 0.717) is 30.6 Å². The third kappa shape index (κ3) is 3.59. The van der Waals surface area contributed by atoms with E-state index < -0.39 is 0 Å². The van der Waals surface area contributed by atoms with E-state index in [4.69, 9.17) is 5.73 Å². The Kier molecular flexibility index (Phi) is 5.17. The normalized spacial score (nSPS) is 23.2. The van der Waals surface area contributed by atoms with E-state index in [2.05, 4.69) is 30.6 Å². The number of nitrogens with two attached hydrogens (primary N) is 1. The van der Waals surface area contributed by atoms with Crippen LogP contribution in [0.4, 0.5) is 4.39 Å². The minimum absolute atomic E-state index is 0.167. The lowest BCUT2D eigenvalue weighted by Crippen LogP contribution is -2.41. The van der Waals surface area contributed by atoms with Crippen molar-refractivity contribution in [3.63, 3.8) is 0 Å². The molecule has 0 aliphatic carbocycles. The summed E-state index contributed by atoms with van der Waals surface area (Å²) in [6.07, 6.45) is 2.47. The highest BCUT2D eigenvalue weighted by atomic mass is 19.1. The highest BCUT2D eigenvalue weighted by Crippen LogP contribution is 2.25. The third-order valence-corrected chi connectivity index (χ3v) is 4.27. The summed E-state index contributed by atoms with van der Waals surface area (Å²) < 4.78 is 14.1. The molecule has 2 unspecified atom stereocenters. The maximum atomic E-state index is 14.1. The first-order valence-electron chi connectivity index (χ1n) is 7.33. The summed E-state index contributed by atoms with van der Waals surface area (Å²) in [4.78, 5) is 2.37. The van der Waals surface area contributed by atoms with Crippen LogP contribution in [-0.4, -0.2) is 24.0 Å². The van der Waals surface area contributed by atoms with E-state index >= 15 is 0 Å². The molecule has 0 radical (unpaired) electrons. The zero-order valence-electron chi connectivity index (χ0n) is 12.3. The Bertz CT molecular complexity index is 515.